The molecule has 1 saturated heterocycles. The topological polar surface area (TPSA) is 75.7 Å². The zero-order valence-corrected chi connectivity index (χ0v) is 15.9. The molecule has 0 aliphatic carbocycles. The first-order chi connectivity index (χ1) is 12.9. The van der Waals surface area contributed by atoms with E-state index < -0.39 is 10.0 Å². The molecule has 0 bridgehead atoms. The number of anilines is 1. The summed E-state index contributed by atoms with van der Waals surface area (Å²) in [6.45, 7) is 1.23. The lowest BCUT2D eigenvalue weighted by atomic mass is 10.1. The Hall–Kier alpha value is -2.00. The number of ether oxygens (including phenoxy) is 1. The SMILES string of the molecule is O=C(Cc1ccc(F)cc1)Nc1cc(S(=O)(=O)N2CCOCC2)ccc1Cl. The van der Waals surface area contributed by atoms with Gasteiger partial charge in [-0.25, -0.2) is 12.8 Å². The highest BCUT2D eigenvalue weighted by molar-refractivity contribution is 7.89. The molecule has 27 heavy (non-hydrogen) atoms. The van der Waals surface area contributed by atoms with Crippen molar-refractivity contribution in [1.29, 1.82) is 0 Å². The summed E-state index contributed by atoms with van der Waals surface area (Å²) in [7, 11) is -3.70. The van der Waals surface area contributed by atoms with Crippen molar-refractivity contribution in [3.63, 3.8) is 0 Å². The molecule has 144 valence electrons. The molecule has 1 amide bonds. The highest BCUT2D eigenvalue weighted by atomic mass is 35.5. The van der Waals surface area contributed by atoms with Crippen LogP contribution in [0.4, 0.5) is 10.1 Å². The van der Waals surface area contributed by atoms with Crippen molar-refractivity contribution >= 4 is 33.2 Å². The van der Waals surface area contributed by atoms with Gasteiger partial charge in [0, 0.05) is 13.1 Å². The summed E-state index contributed by atoms with van der Waals surface area (Å²) in [6, 6.07) is 9.74. The lowest BCUT2D eigenvalue weighted by Gasteiger charge is -2.26. The summed E-state index contributed by atoms with van der Waals surface area (Å²) in [5, 5.41) is 2.84. The lowest BCUT2D eigenvalue weighted by molar-refractivity contribution is -0.115. The number of halogens is 2. The highest BCUT2D eigenvalue weighted by Crippen LogP contribution is 2.27. The fourth-order valence-corrected chi connectivity index (χ4v) is 4.28. The van der Waals surface area contributed by atoms with Crippen LogP contribution in [-0.2, 0) is 26.0 Å². The second-order valence-corrected chi connectivity index (χ2v) is 8.35. The van der Waals surface area contributed by atoms with Crippen LogP contribution in [0.1, 0.15) is 5.56 Å². The van der Waals surface area contributed by atoms with Crippen LogP contribution < -0.4 is 5.32 Å². The first-order valence-electron chi connectivity index (χ1n) is 8.28. The Morgan fingerprint density at radius 2 is 1.81 bits per heavy atom. The van der Waals surface area contributed by atoms with E-state index in [9.17, 15) is 17.6 Å². The van der Waals surface area contributed by atoms with Crippen LogP contribution in [0.3, 0.4) is 0 Å². The van der Waals surface area contributed by atoms with Crippen molar-refractivity contribution in [1.82, 2.24) is 4.31 Å². The predicted molar refractivity (Wildman–Crippen MR) is 99.8 cm³/mol. The summed E-state index contributed by atoms with van der Waals surface area (Å²) in [4.78, 5) is 12.3. The lowest BCUT2D eigenvalue weighted by Crippen LogP contribution is -2.40. The number of amides is 1. The van der Waals surface area contributed by atoms with Gasteiger partial charge in [-0.2, -0.15) is 4.31 Å². The number of carbonyl (C=O) groups is 1. The number of morpholine rings is 1. The van der Waals surface area contributed by atoms with E-state index in [1.54, 1.807) is 0 Å². The Bertz CT molecular complexity index is 929. The molecule has 0 aromatic heterocycles. The zero-order chi connectivity index (χ0) is 19.4. The fourth-order valence-electron chi connectivity index (χ4n) is 2.68. The summed E-state index contributed by atoms with van der Waals surface area (Å²) >= 11 is 6.11. The molecule has 0 saturated carbocycles. The fraction of sp³-hybridized carbons (Fsp3) is 0.278. The van der Waals surface area contributed by atoms with Gasteiger partial charge in [-0.3, -0.25) is 4.79 Å². The largest absolute Gasteiger partial charge is 0.379 e. The van der Waals surface area contributed by atoms with Gasteiger partial charge in [0.15, 0.2) is 0 Å². The molecule has 0 unspecified atom stereocenters. The standard InChI is InChI=1S/C18H18ClFN2O4S/c19-16-6-5-15(27(24,25)22-7-9-26-10-8-22)12-17(16)21-18(23)11-13-1-3-14(20)4-2-13/h1-6,12H,7-11H2,(H,21,23). The van der Waals surface area contributed by atoms with Gasteiger partial charge < -0.3 is 10.1 Å². The molecule has 1 fully saturated rings. The van der Waals surface area contributed by atoms with Crippen LogP contribution in [0, 0.1) is 5.82 Å². The van der Waals surface area contributed by atoms with E-state index in [2.05, 4.69) is 5.32 Å². The number of rotatable bonds is 5. The number of hydrogen-bond donors (Lipinski definition) is 1. The van der Waals surface area contributed by atoms with Crippen LogP contribution in [0.25, 0.3) is 0 Å². The summed E-state index contributed by atoms with van der Waals surface area (Å²) in [6.07, 6.45) is 0.0110. The molecular formula is C18H18ClFN2O4S. The van der Waals surface area contributed by atoms with Gasteiger partial charge in [0.25, 0.3) is 0 Å². The number of nitrogens with one attached hydrogen (secondary N) is 1. The predicted octanol–water partition coefficient (Wildman–Crippen LogP) is 2.68. The molecule has 3 rings (SSSR count). The minimum absolute atomic E-state index is 0.0110. The van der Waals surface area contributed by atoms with E-state index in [4.69, 9.17) is 16.3 Å². The summed E-state index contributed by atoms with van der Waals surface area (Å²) < 4.78 is 44.9. The second kappa shape index (κ2) is 8.35. The molecule has 2 aromatic carbocycles. The van der Waals surface area contributed by atoms with E-state index in [0.717, 1.165) is 0 Å². The molecule has 1 aliphatic rings. The van der Waals surface area contributed by atoms with Crippen molar-refractivity contribution in [2.45, 2.75) is 11.3 Å². The van der Waals surface area contributed by atoms with Gasteiger partial charge in [-0.15, -0.1) is 0 Å². The first kappa shape index (κ1) is 19.8. The summed E-state index contributed by atoms with van der Waals surface area (Å²) in [5.41, 5.74) is 0.834. The van der Waals surface area contributed by atoms with Gasteiger partial charge in [0.1, 0.15) is 5.82 Å². The molecule has 0 atom stereocenters. The van der Waals surface area contributed by atoms with Gasteiger partial charge in [-0.05, 0) is 35.9 Å². The normalized spacial score (nSPS) is 15.5. The van der Waals surface area contributed by atoms with Crippen molar-refractivity contribution < 1.29 is 22.3 Å². The maximum atomic E-state index is 12.9. The van der Waals surface area contributed by atoms with E-state index in [0.29, 0.717) is 18.8 Å². The molecule has 6 nitrogen and oxygen atoms in total. The van der Waals surface area contributed by atoms with Crippen LogP contribution in [0.15, 0.2) is 47.4 Å². The number of hydrogen-bond acceptors (Lipinski definition) is 4. The molecule has 9 heteroatoms. The maximum absolute atomic E-state index is 12.9. The van der Waals surface area contributed by atoms with Gasteiger partial charge in [-0.1, -0.05) is 23.7 Å². The van der Waals surface area contributed by atoms with Crippen LogP contribution in [0.5, 0.6) is 0 Å². The van der Waals surface area contributed by atoms with E-state index in [1.165, 1.54) is 46.8 Å². The van der Waals surface area contributed by atoms with Gasteiger partial charge >= 0.3 is 0 Å². The molecular weight excluding hydrogens is 395 g/mol. The van der Waals surface area contributed by atoms with Crippen LogP contribution >= 0.6 is 11.6 Å². The molecule has 0 radical (unpaired) electrons. The zero-order valence-electron chi connectivity index (χ0n) is 14.3. The minimum Gasteiger partial charge on any atom is -0.379 e. The van der Waals surface area contributed by atoms with Crippen molar-refractivity contribution in [3.8, 4) is 0 Å². The monoisotopic (exact) mass is 412 g/mol. The Labute approximate surface area is 161 Å². The van der Waals surface area contributed by atoms with Gasteiger partial charge in [0.2, 0.25) is 15.9 Å². The smallest absolute Gasteiger partial charge is 0.243 e. The van der Waals surface area contributed by atoms with E-state index >= 15 is 0 Å². The first-order valence-corrected chi connectivity index (χ1v) is 10.1. The summed E-state index contributed by atoms with van der Waals surface area (Å²) in [5.74, 6) is -0.771. The number of nitrogens with zero attached hydrogens (tertiary/aromatic N) is 1. The van der Waals surface area contributed by atoms with Crippen LogP contribution in [-0.4, -0.2) is 44.9 Å². The number of benzene rings is 2. The molecule has 2 aromatic rings. The molecule has 1 heterocycles. The third-order valence-corrected chi connectivity index (χ3v) is 6.32. The maximum Gasteiger partial charge on any atom is 0.243 e. The minimum atomic E-state index is -3.70. The van der Waals surface area contributed by atoms with E-state index in [1.807, 2.05) is 0 Å². The Morgan fingerprint density at radius 3 is 2.48 bits per heavy atom. The van der Waals surface area contributed by atoms with Crippen molar-refractivity contribution in [2.75, 3.05) is 31.6 Å². The Kier molecular flexibility index (Phi) is 6.11. The molecule has 1 aliphatic heterocycles. The second-order valence-electron chi connectivity index (χ2n) is 6.01. The third kappa shape index (κ3) is 4.84. The Balaban J connectivity index is 1.76. The van der Waals surface area contributed by atoms with Crippen molar-refractivity contribution in [3.05, 3.63) is 58.9 Å². The average molecular weight is 413 g/mol. The third-order valence-electron chi connectivity index (χ3n) is 4.10. The Morgan fingerprint density at radius 1 is 1.15 bits per heavy atom. The molecule has 1 N–H and O–H groups in total. The quantitative estimate of drug-likeness (QED) is 0.819. The average Bonchev–Trinajstić information content (AvgIpc) is 2.66. The van der Waals surface area contributed by atoms with Crippen LogP contribution in [0.2, 0.25) is 5.02 Å². The van der Waals surface area contributed by atoms with E-state index in [-0.39, 0.29) is 46.8 Å². The number of sulfonamides is 1. The number of carbonyl (C=O) groups excluding carboxylic acids is 1. The van der Waals surface area contributed by atoms with Gasteiger partial charge in [0.05, 0.1) is 35.2 Å². The van der Waals surface area contributed by atoms with Crippen molar-refractivity contribution in [2.24, 2.45) is 0 Å². The highest BCUT2D eigenvalue weighted by Gasteiger charge is 2.27. The molecule has 0 spiro atoms.